The van der Waals surface area contributed by atoms with Crippen LogP contribution in [0.15, 0.2) is 36.4 Å². The number of rotatable bonds is 7. The van der Waals surface area contributed by atoms with Gasteiger partial charge in [0.2, 0.25) is 0 Å². The number of nitrogens with one attached hydrogen (secondary N) is 1. The van der Waals surface area contributed by atoms with E-state index in [9.17, 15) is 18.3 Å². The third kappa shape index (κ3) is 4.32. The summed E-state index contributed by atoms with van der Waals surface area (Å²) in [6, 6.07) is 8.16. The van der Waals surface area contributed by atoms with Gasteiger partial charge < -0.3 is 19.9 Å². The zero-order valence-electron chi connectivity index (χ0n) is 13.2. The van der Waals surface area contributed by atoms with Crippen LogP contribution in [0.3, 0.4) is 0 Å². The molecule has 1 unspecified atom stereocenters. The minimum Gasteiger partial charge on any atom is -0.496 e. The van der Waals surface area contributed by atoms with Crippen LogP contribution in [0.5, 0.6) is 11.5 Å². The van der Waals surface area contributed by atoms with Crippen LogP contribution in [-0.2, 0) is 6.61 Å². The van der Waals surface area contributed by atoms with Gasteiger partial charge >= 0.3 is 6.61 Å². The molecular formula is C17H18F3NO3. The SMILES string of the molecule is COc1ccc(NC(C)c2ccc(F)cc2OC(F)F)cc1CO. The predicted octanol–water partition coefficient (Wildman–Crippen LogP) is 4.10. The highest BCUT2D eigenvalue weighted by Crippen LogP contribution is 2.31. The predicted molar refractivity (Wildman–Crippen MR) is 84.0 cm³/mol. The van der Waals surface area contributed by atoms with E-state index < -0.39 is 18.5 Å². The molecule has 2 aromatic rings. The quantitative estimate of drug-likeness (QED) is 0.796. The number of anilines is 1. The zero-order valence-corrected chi connectivity index (χ0v) is 13.2. The monoisotopic (exact) mass is 341 g/mol. The second kappa shape index (κ2) is 7.92. The highest BCUT2D eigenvalue weighted by molar-refractivity contribution is 5.53. The molecule has 130 valence electrons. The first kappa shape index (κ1) is 17.9. The molecule has 24 heavy (non-hydrogen) atoms. The van der Waals surface area contributed by atoms with Crippen molar-refractivity contribution >= 4 is 5.69 Å². The molecule has 2 rings (SSSR count). The highest BCUT2D eigenvalue weighted by atomic mass is 19.3. The summed E-state index contributed by atoms with van der Waals surface area (Å²) in [7, 11) is 1.50. The van der Waals surface area contributed by atoms with E-state index >= 15 is 0 Å². The first-order chi connectivity index (χ1) is 11.4. The van der Waals surface area contributed by atoms with Crippen LogP contribution in [0.25, 0.3) is 0 Å². The molecule has 2 aromatic carbocycles. The van der Waals surface area contributed by atoms with Crippen LogP contribution in [0.1, 0.15) is 24.1 Å². The summed E-state index contributed by atoms with van der Waals surface area (Å²) < 4.78 is 47.8. The van der Waals surface area contributed by atoms with E-state index in [1.807, 2.05) is 0 Å². The van der Waals surface area contributed by atoms with Crippen molar-refractivity contribution in [2.75, 3.05) is 12.4 Å². The Morgan fingerprint density at radius 1 is 1.12 bits per heavy atom. The van der Waals surface area contributed by atoms with Crippen molar-refractivity contribution in [2.45, 2.75) is 26.2 Å². The summed E-state index contributed by atoms with van der Waals surface area (Å²) in [5.41, 5.74) is 1.62. The summed E-state index contributed by atoms with van der Waals surface area (Å²) in [4.78, 5) is 0. The van der Waals surface area contributed by atoms with Gasteiger partial charge in [-0.15, -0.1) is 0 Å². The smallest absolute Gasteiger partial charge is 0.387 e. The van der Waals surface area contributed by atoms with E-state index in [1.165, 1.54) is 19.2 Å². The number of aliphatic hydroxyl groups excluding tert-OH is 1. The number of aliphatic hydroxyl groups is 1. The third-order valence-electron chi connectivity index (χ3n) is 3.49. The van der Waals surface area contributed by atoms with Gasteiger partial charge in [-0.1, -0.05) is 6.07 Å². The molecule has 0 fully saturated rings. The number of halogens is 3. The van der Waals surface area contributed by atoms with Crippen molar-refractivity contribution in [3.05, 3.63) is 53.3 Å². The Balaban J connectivity index is 2.25. The summed E-state index contributed by atoms with van der Waals surface area (Å²) >= 11 is 0. The van der Waals surface area contributed by atoms with Crippen LogP contribution in [-0.4, -0.2) is 18.8 Å². The van der Waals surface area contributed by atoms with Crippen molar-refractivity contribution in [1.82, 2.24) is 0 Å². The van der Waals surface area contributed by atoms with Crippen molar-refractivity contribution in [1.29, 1.82) is 0 Å². The van der Waals surface area contributed by atoms with E-state index in [0.717, 1.165) is 6.07 Å². The largest absolute Gasteiger partial charge is 0.496 e. The molecule has 0 aromatic heterocycles. The molecule has 0 aliphatic carbocycles. The van der Waals surface area contributed by atoms with Gasteiger partial charge in [-0.25, -0.2) is 4.39 Å². The summed E-state index contributed by atoms with van der Waals surface area (Å²) in [6.45, 7) is -1.52. The van der Waals surface area contributed by atoms with Gasteiger partial charge in [0.1, 0.15) is 17.3 Å². The lowest BCUT2D eigenvalue weighted by Crippen LogP contribution is -2.11. The molecule has 0 aliphatic rings. The van der Waals surface area contributed by atoms with Crippen molar-refractivity contribution in [2.24, 2.45) is 0 Å². The molecule has 0 saturated heterocycles. The molecule has 0 saturated carbocycles. The second-order valence-electron chi connectivity index (χ2n) is 5.11. The Labute approximate surface area is 137 Å². The average Bonchev–Trinajstić information content (AvgIpc) is 2.54. The molecule has 0 amide bonds. The lowest BCUT2D eigenvalue weighted by Gasteiger charge is -2.20. The Morgan fingerprint density at radius 2 is 1.88 bits per heavy atom. The van der Waals surface area contributed by atoms with Gasteiger partial charge in [-0.2, -0.15) is 8.78 Å². The van der Waals surface area contributed by atoms with Gasteiger partial charge in [0.25, 0.3) is 0 Å². The fourth-order valence-corrected chi connectivity index (χ4v) is 2.38. The number of alkyl halides is 2. The van der Waals surface area contributed by atoms with E-state index in [0.29, 0.717) is 22.6 Å². The lowest BCUT2D eigenvalue weighted by atomic mass is 10.1. The normalized spacial score (nSPS) is 12.1. The van der Waals surface area contributed by atoms with Crippen molar-refractivity contribution in [3.63, 3.8) is 0 Å². The van der Waals surface area contributed by atoms with Gasteiger partial charge in [0, 0.05) is 22.9 Å². The highest BCUT2D eigenvalue weighted by Gasteiger charge is 2.16. The number of benzene rings is 2. The number of methoxy groups -OCH3 is 1. The van der Waals surface area contributed by atoms with Crippen LogP contribution < -0.4 is 14.8 Å². The summed E-state index contributed by atoms with van der Waals surface area (Å²) in [6.07, 6.45) is 0. The molecule has 0 aliphatic heterocycles. The molecule has 0 spiro atoms. The summed E-state index contributed by atoms with van der Waals surface area (Å²) in [5, 5.41) is 12.4. The van der Waals surface area contributed by atoms with Crippen LogP contribution in [0.4, 0.5) is 18.9 Å². The fourth-order valence-electron chi connectivity index (χ4n) is 2.38. The number of hydrogen-bond donors (Lipinski definition) is 2. The Kier molecular flexibility index (Phi) is 5.92. The lowest BCUT2D eigenvalue weighted by molar-refractivity contribution is -0.0506. The van der Waals surface area contributed by atoms with Crippen LogP contribution in [0.2, 0.25) is 0 Å². The van der Waals surface area contributed by atoms with Crippen molar-refractivity contribution < 1.29 is 27.8 Å². The first-order valence-corrected chi connectivity index (χ1v) is 7.23. The molecule has 2 N–H and O–H groups in total. The van der Waals surface area contributed by atoms with Gasteiger partial charge in [-0.05, 0) is 31.2 Å². The molecule has 4 nitrogen and oxygen atoms in total. The fraction of sp³-hybridized carbons (Fsp3) is 0.294. The minimum atomic E-state index is -3.04. The zero-order chi connectivity index (χ0) is 17.7. The van der Waals surface area contributed by atoms with Crippen LogP contribution >= 0.6 is 0 Å². The third-order valence-corrected chi connectivity index (χ3v) is 3.49. The average molecular weight is 341 g/mol. The maximum Gasteiger partial charge on any atom is 0.387 e. The number of hydrogen-bond acceptors (Lipinski definition) is 4. The second-order valence-corrected chi connectivity index (χ2v) is 5.11. The standard InChI is InChI=1S/C17H18F3NO3/c1-10(14-5-3-12(18)8-16(14)24-17(19)20)21-13-4-6-15(23-2)11(7-13)9-22/h3-8,10,17,21-22H,9H2,1-2H3. The van der Waals surface area contributed by atoms with Gasteiger partial charge in [-0.3, -0.25) is 0 Å². The molecule has 1 atom stereocenters. The molecule has 0 radical (unpaired) electrons. The van der Waals surface area contributed by atoms with Crippen LogP contribution in [0, 0.1) is 5.82 Å². The van der Waals surface area contributed by atoms with E-state index in [4.69, 9.17) is 4.74 Å². The minimum absolute atomic E-state index is 0.205. The number of ether oxygens (including phenoxy) is 2. The Bertz CT molecular complexity index is 695. The van der Waals surface area contributed by atoms with Gasteiger partial charge in [0.05, 0.1) is 19.8 Å². The summed E-state index contributed by atoms with van der Waals surface area (Å²) in [5.74, 6) is -0.339. The maximum atomic E-state index is 13.3. The van der Waals surface area contributed by atoms with E-state index in [-0.39, 0.29) is 12.4 Å². The topological polar surface area (TPSA) is 50.7 Å². The maximum absolute atomic E-state index is 13.3. The Morgan fingerprint density at radius 3 is 2.50 bits per heavy atom. The van der Waals surface area contributed by atoms with Gasteiger partial charge in [0.15, 0.2) is 0 Å². The van der Waals surface area contributed by atoms with Crippen molar-refractivity contribution in [3.8, 4) is 11.5 Å². The molecule has 7 heteroatoms. The molecular weight excluding hydrogens is 323 g/mol. The van der Waals surface area contributed by atoms with E-state index in [1.54, 1.807) is 25.1 Å². The van der Waals surface area contributed by atoms with E-state index in [2.05, 4.69) is 10.1 Å². The molecule has 0 bridgehead atoms. The molecule has 0 heterocycles. The first-order valence-electron chi connectivity index (χ1n) is 7.23. The Hall–Kier alpha value is -2.41.